The van der Waals surface area contributed by atoms with E-state index in [9.17, 15) is 4.79 Å². The lowest BCUT2D eigenvalue weighted by molar-refractivity contribution is 1.02. The molecule has 0 aliphatic carbocycles. The van der Waals surface area contributed by atoms with Crippen LogP contribution in [-0.2, 0) is 0 Å². The van der Waals surface area contributed by atoms with Gasteiger partial charge in [-0.3, -0.25) is 4.79 Å². The molecule has 1 aromatic carbocycles. The van der Waals surface area contributed by atoms with Crippen LogP contribution in [-0.4, -0.2) is 9.97 Å². The molecule has 2 rings (SSSR count). The molecule has 0 atom stereocenters. The van der Waals surface area contributed by atoms with Crippen LogP contribution in [0.5, 0.6) is 0 Å². The van der Waals surface area contributed by atoms with E-state index in [-0.39, 0.29) is 10.6 Å². The zero-order valence-corrected chi connectivity index (χ0v) is 9.93. The van der Waals surface area contributed by atoms with Gasteiger partial charge in [-0.1, -0.05) is 35.3 Å². The van der Waals surface area contributed by atoms with Crippen LogP contribution in [0.4, 0.5) is 0 Å². The molecule has 0 aliphatic heterocycles. The van der Waals surface area contributed by atoms with Crippen LogP contribution < -0.4 is 5.56 Å². The van der Waals surface area contributed by atoms with Crippen molar-refractivity contribution in [1.29, 1.82) is 0 Å². The van der Waals surface area contributed by atoms with Crippen LogP contribution in [0.1, 0.15) is 5.82 Å². The molecule has 0 amide bonds. The van der Waals surface area contributed by atoms with E-state index < -0.39 is 0 Å². The molecule has 82 valence electrons. The first kappa shape index (κ1) is 11.2. The number of nitrogens with zero attached hydrogens (tertiary/aromatic N) is 1. The van der Waals surface area contributed by atoms with Crippen LogP contribution in [0.25, 0.3) is 11.3 Å². The second-order valence-corrected chi connectivity index (χ2v) is 4.14. The summed E-state index contributed by atoms with van der Waals surface area (Å²) in [5.74, 6) is 0.527. The van der Waals surface area contributed by atoms with Gasteiger partial charge in [0.05, 0.1) is 5.69 Å². The minimum absolute atomic E-state index is 0.0907. The van der Waals surface area contributed by atoms with Gasteiger partial charge in [0.15, 0.2) is 0 Å². The van der Waals surface area contributed by atoms with Crippen LogP contribution in [0.2, 0.25) is 10.0 Å². The summed E-state index contributed by atoms with van der Waals surface area (Å²) in [6, 6.07) is 7.00. The lowest BCUT2D eigenvalue weighted by atomic mass is 10.1. The van der Waals surface area contributed by atoms with Gasteiger partial charge in [-0.2, -0.15) is 0 Å². The highest BCUT2D eigenvalue weighted by molar-refractivity contribution is 6.33. The number of rotatable bonds is 1. The minimum atomic E-state index is -0.334. The Kier molecular flexibility index (Phi) is 2.99. The Morgan fingerprint density at radius 3 is 2.44 bits per heavy atom. The van der Waals surface area contributed by atoms with Crippen molar-refractivity contribution in [2.75, 3.05) is 0 Å². The van der Waals surface area contributed by atoms with E-state index in [0.717, 1.165) is 5.56 Å². The molecular formula is C11H8Cl2N2O. The van der Waals surface area contributed by atoms with Crippen molar-refractivity contribution in [3.63, 3.8) is 0 Å². The maximum Gasteiger partial charge on any atom is 0.270 e. The number of hydrogen-bond acceptors (Lipinski definition) is 2. The predicted octanol–water partition coefficient (Wildman–Crippen LogP) is 3.05. The maximum atomic E-state index is 11.4. The molecule has 0 aliphatic rings. The van der Waals surface area contributed by atoms with Gasteiger partial charge in [0, 0.05) is 10.6 Å². The molecule has 0 radical (unpaired) electrons. The third-order valence-corrected chi connectivity index (χ3v) is 2.70. The molecule has 1 heterocycles. The largest absolute Gasteiger partial charge is 0.309 e. The number of aryl methyl sites for hydroxylation is 1. The normalized spacial score (nSPS) is 10.4. The molecule has 0 saturated heterocycles. The molecule has 0 bridgehead atoms. The van der Waals surface area contributed by atoms with Gasteiger partial charge in [0.2, 0.25) is 0 Å². The number of benzene rings is 1. The fourth-order valence-corrected chi connectivity index (χ4v) is 1.70. The second kappa shape index (κ2) is 4.28. The Hall–Kier alpha value is -1.32. The predicted molar refractivity (Wildman–Crippen MR) is 65.1 cm³/mol. The molecule has 0 fully saturated rings. The molecular weight excluding hydrogens is 247 g/mol. The average molecular weight is 255 g/mol. The summed E-state index contributed by atoms with van der Waals surface area (Å²) in [5, 5.41) is 0.717. The number of aromatic nitrogens is 2. The smallest absolute Gasteiger partial charge is 0.270 e. The van der Waals surface area contributed by atoms with Crippen LogP contribution in [0.15, 0.2) is 29.1 Å². The lowest BCUT2D eigenvalue weighted by Gasteiger charge is -2.04. The first-order valence-electron chi connectivity index (χ1n) is 4.60. The van der Waals surface area contributed by atoms with Crippen LogP contribution in [0, 0.1) is 6.92 Å². The Morgan fingerprint density at radius 2 is 1.81 bits per heavy atom. The Balaban J connectivity index is 2.64. The number of H-pyrrole nitrogens is 1. The van der Waals surface area contributed by atoms with Crippen molar-refractivity contribution >= 4 is 23.2 Å². The standard InChI is InChI=1S/C11H8Cl2N2O/c1-6-14-10(9(13)11(16)15-6)7-2-4-8(12)5-3-7/h2-5H,1H3,(H,14,15,16). The molecule has 1 N–H and O–H groups in total. The van der Waals surface area contributed by atoms with Gasteiger partial charge in [0.25, 0.3) is 5.56 Å². The van der Waals surface area contributed by atoms with Crippen LogP contribution >= 0.6 is 23.2 Å². The number of hydrogen-bond donors (Lipinski definition) is 1. The summed E-state index contributed by atoms with van der Waals surface area (Å²) in [7, 11) is 0. The highest BCUT2D eigenvalue weighted by Gasteiger charge is 2.09. The Morgan fingerprint density at radius 1 is 1.19 bits per heavy atom. The summed E-state index contributed by atoms with van der Waals surface area (Å²) < 4.78 is 0. The zero-order valence-electron chi connectivity index (χ0n) is 8.42. The van der Waals surface area contributed by atoms with Gasteiger partial charge < -0.3 is 4.98 Å². The highest BCUT2D eigenvalue weighted by atomic mass is 35.5. The van der Waals surface area contributed by atoms with Gasteiger partial charge in [-0.05, 0) is 19.1 Å². The fraction of sp³-hybridized carbons (Fsp3) is 0.0909. The van der Waals surface area contributed by atoms with E-state index in [1.54, 1.807) is 31.2 Å². The summed E-state index contributed by atoms with van der Waals surface area (Å²) in [6.07, 6.45) is 0. The Labute approximate surface area is 102 Å². The van der Waals surface area contributed by atoms with Crippen molar-refractivity contribution in [3.05, 3.63) is 50.5 Å². The average Bonchev–Trinajstić information content (AvgIpc) is 2.25. The fourth-order valence-electron chi connectivity index (χ4n) is 1.37. The third-order valence-electron chi connectivity index (χ3n) is 2.10. The summed E-state index contributed by atoms with van der Waals surface area (Å²) in [5.41, 5.74) is 0.905. The molecule has 5 heteroatoms. The molecule has 3 nitrogen and oxygen atoms in total. The van der Waals surface area contributed by atoms with E-state index in [1.165, 1.54) is 0 Å². The van der Waals surface area contributed by atoms with E-state index in [1.807, 2.05) is 0 Å². The van der Waals surface area contributed by atoms with E-state index in [0.29, 0.717) is 16.5 Å². The first-order chi connectivity index (χ1) is 7.58. The summed E-state index contributed by atoms with van der Waals surface area (Å²) in [6.45, 7) is 1.71. The van der Waals surface area contributed by atoms with E-state index in [4.69, 9.17) is 23.2 Å². The maximum absolute atomic E-state index is 11.4. The topological polar surface area (TPSA) is 45.8 Å². The van der Waals surface area contributed by atoms with Gasteiger partial charge in [-0.15, -0.1) is 0 Å². The number of halogens is 2. The molecule has 16 heavy (non-hydrogen) atoms. The molecule has 2 aromatic rings. The Bertz CT molecular complexity index is 576. The van der Waals surface area contributed by atoms with Crippen molar-refractivity contribution in [2.24, 2.45) is 0 Å². The van der Waals surface area contributed by atoms with Crippen molar-refractivity contribution < 1.29 is 0 Å². The summed E-state index contributed by atoms with van der Waals surface area (Å²) in [4.78, 5) is 18.2. The number of aromatic amines is 1. The van der Waals surface area contributed by atoms with Gasteiger partial charge >= 0.3 is 0 Å². The highest BCUT2D eigenvalue weighted by Crippen LogP contribution is 2.24. The molecule has 0 unspecified atom stereocenters. The van der Waals surface area contributed by atoms with Gasteiger partial charge in [0.1, 0.15) is 10.8 Å². The molecule has 0 saturated carbocycles. The summed E-state index contributed by atoms with van der Waals surface area (Å²) >= 11 is 11.7. The van der Waals surface area contributed by atoms with Crippen molar-refractivity contribution in [2.45, 2.75) is 6.92 Å². The van der Waals surface area contributed by atoms with Crippen molar-refractivity contribution in [1.82, 2.24) is 9.97 Å². The quantitative estimate of drug-likeness (QED) is 0.851. The third kappa shape index (κ3) is 2.10. The lowest BCUT2D eigenvalue weighted by Crippen LogP contribution is -2.11. The number of nitrogens with one attached hydrogen (secondary N) is 1. The molecule has 1 aromatic heterocycles. The van der Waals surface area contributed by atoms with E-state index >= 15 is 0 Å². The molecule has 0 spiro atoms. The zero-order chi connectivity index (χ0) is 11.7. The van der Waals surface area contributed by atoms with Gasteiger partial charge in [-0.25, -0.2) is 4.98 Å². The van der Waals surface area contributed by atoms with E-state index in [2.05, 4.69) is 9.97 Å². The first-order valence-corrected chi connectivity index (χ1v) is 5.36. The second-order valence-electron chi connectivity index (χ2n) is 3.32. The van der Waals surface area contributed by atoms with Crippen LogP contribution in [0.3, 0.4) is 0 Å². The monoisotopic (exact) mass is 254 g/mol. The minimum Gasteiger partial charge on any atom is -0.309 e. The van der Waals surface area contributed by atoms with Crippen molar-refractivity contribution in [3.8, 4) is 11.3 Å². The SMILES string of the molecule is Cc1nc(-c2ccc(Cl)cc2)c(Cl)c(=O)[nH]1.